The van der Waals surface area contributed by atoms with E-state index in [1.165, 1.54) is 12.1 Å². The summed E-state index contributed by atoms with van der Waals surface area (Å²) in [7, 11) is 0. The van der Waals surface area contributed by atoms with Crippen molar-refractivity contribution in [2.75, 3.05) is 0 Å². The standard InChI is InChI=1S/C16H13F3O/c1-10-3-8-14(11(2)9-10)15(20)12-4-6-13(7-5-12)16(17,18)19/h3-9H,1-2H3. The van der Waals surface area contributed by atoms with Gasteiger partial charge in [-0.3, -0.25) is 4.79 Å². The Morgan fingerprint density at radius 3 is 2.05 bits per heavy atom. The Morgan fingerprint density at radius 1 is 0.950 bits per heavy atom. The molecule has 0 unspecified atom stereocenters. The summed E-state index contributed by atoms with van der Waals surface area (Å²) in [6.07, 6.45) is -4.39. The summed E-state index contributed by atoms with van der Waals surface area (Å²) in [4.78, 5) is 12.3. The number of carbonyl (C=O) groups excluding carboxylic acids is 1. The van der Waals surface area contributed by atoms with Crippen LogP contribution in [0.1, 0.15) is 32.6 Å². The van der Waals surface area contributed by atoms with Crippen molar-refractivity contribution < 1.29 is 18.0 Å². The van der Waals surface area contributed by atoms with Crippen LogP contribution in [-0.4, -0.2) is 5.78 Å². The minimum absolute atomic E-state index is 0.255. The summed E-state index contributed by atoms with van der Waals surface area (Å²) in [5, 5.41) is 0. The third-order valence-corrected chi connectivity index (χ3v) is 3.10. The van der Waals surface area contributed by atoms with Gasteiger partial charge in [0.05, 0.1) is 5.56 Å². The number of ketones is 1. The molecule has 0 radical (unpaired) electrons. The third kappa shape index (κ3) is 2.90. The second-order valence-corrected chi connectivity index (χ2v) is 4.72. The maximum atomic E-state index is 12.5. The first-order valence-corrected chi connectivity index (χ1v) is 6.08. The second kappa shape index (κ2) is 5.12. The summed E-state index contributed by atoms with van der Waals surface area (Å²) < 4.78 is 37.4. The van der Waals surface area contributed by atoms with E-state index in [-0.39, 0.29) is 11.3 Å². The molecule has 2 rings (SSSR count). The summed E-state index contributed by atoms with van der Waals surface area (Å²) in [5.41, 5.74) is 1.86. The molecule has 20 heavy (non-hydrogen) atoms. The molecule has 0 atom stereocenters. The van der Waals surface area contributed by atoms with Crippen LogP contribution in [0.4, 0.5) is 13.2 Å². The molecule has 0 aliphatic rings. The molecule has 0 saturated heterocycles. The molecule has 0 aromatic heterocycles. The van der Waals surface area contributed by atoms with Crippen LogP contribution in [-0.2, 0) is 6.18 Å². The summed E-state index contributed by atoms with van der Waals surface area (Å²) >= 11 is 0. The van der Waals surface area contributed by atoms with E-state index in [0.717, 1.165) is 23.3 Å². The largest absolute Gasteiger partial charge is 0.416 e. The molecule has 104 valence electrons. The van der Waals surface area contributed by atoms with Crippen molar-refractivity contribution in [2.24, 2.45) is 0 Å². The number of alkyl halides is 3. The molecular formula is C16H13F3O. The highest BCUT2D eigenvalue weighted by Gasteiger charge is 2.30. The van der Waals surface area contributed by atoms with E-state index in [0.29, 0.717) is 5.56 Å². The molecule has 0 heterocycles. The molecule has 0 N–H and O–H groups in total. The number of benzene rings is 2. The zero-order valence-corrected chi connectivity index (χ0v) is 11.1. The molecule has 2 aromatic carbocycles. The molecule has 4 heteroatoms. The number of rotatable bonds is 2. The van der Waals surface area contributed by atoms with Gasteiger partial charge < -0.3 is 0 Å². The summed E-state index contributed by atoms with van der Waals surface area (Å²) in [6, 6.07) is 9.66. The Morgan fingerprint density at radius 2 is 1.55 bits per heavy atom. The maximum absolute atomic E-state index is 12.5. The Bertz CT molecular complexity index is 640. The van der Waals surface area contributed by atoms with E-state index in [2.05, 4.69) is 0 Å². The van der Waals surface area contributed by atoms with Crippen LogP contribution < -0.4 is 0 Å². The fourth-order valence-corrected chi connectivity index (χ4v) is 2.03. The lowest BCUT2D eigenvalue weighted by Crippen LogP contribution is -2.07. The highest BCUT2D eigenvalue weighted by atomic mass is 19.4. The molecule has 2 aromatic rings. The Kier molecular flexibility index (Phi) is 3.66. The minimum Gasteiger partial charge on any atom is -0.289 e. The van der Waals surface area contributed by atoms with Crippen molar-refractivity contribution in [1.29, 1.82) is 0 Å². The summed E-state index contributed by atoms with van der Waals surface area (Å²) in [5.74, 6) is -0.267. The number of carbonyl (C=O) groups is 1. The first-order chi connectivity index (χ1) is 9.29. The molecule has 0 aliphatic heterocycles. The highest BCUT2D eigenvalue weighted by molar-refractivity contribution is 6.09. The predicted octanol–water partition coefficient (Wildman–Crippen LogP) is 4.55. The first-order valence-electron chi connectivity index (χ1n) is 6.08. The normalized spacial score (nSPS) is 11.4. The zero-order valence-electron chi connectivity index (χ0n) is 11.1. The minimum atomic E-state index is -4.39. The Labute approximate surface area is 115 Å². The lowest BCUT2D eigenvalue weighted by atomic mass is 9.97. The smallest absolute Gasteiger partial charge is 0.289 e. The van der Waals surface area contributed by atoms with Gasteiger partial charge >= 0.3 is 6.18 Å². The lowest BCUT2D eigenvalue weighted by Gasteiger charge is -2.09. The van der Waals surface area contributed by atoms with Crippen molar-refractivity contribution in [2.45, 2.75) is 20.0 Å². The fraction of sp³-hybridized carbons (Fsp3) is 0.188. The predicted molar refractivity (Wildman–Crippen MR) is 70.8 cm³/mol. The third-order valence-electron chi connectivity index (χ3n) is 3.10. The van der Waals surface area contributed by atoms with Crippen molar-refractivity contribution in [3.63, 3.8) is 0 Å². The summed E-state index contributed by atoms with van der Waals surface area (Å²) in [6.45, 7) is 3.73. The van der Waals surface area contributed by atoms with Crippen molar-refractivity contribution >= 4 is 5.78 Å². The lowest BCUT2D eigenvalue weighted by molar-refractivity contribution is -0.137. The monoisotopic (exact) mass is 278 g/mol. The molecule has 0 aliphatic carbocycles. The quantitative estimate of drug-likeness (QED) is 0.736. The SMILES string of the molecule is Cc1ccc(C(=O)c2ccc(C(F)(F)F)cc2)c(C)c1. The van der Waals surface area contributed by atoms with Gasteiger partial charge in [-0.1, -0.05) is 35.9 Å². The van der Waals surface area contributed by atoms with Crippen molar-refractivity contribution in [1.82, 2.24) is 0 Å². The molecule has 0 saturated carbocycles. The van der Waals surface area contributed by atoms with Crippen LogP contribution in [0.25, 0.3) is 0 Å². The number of hydrogen-bond acceptors (Lipinski definition) is 1. The Hall–Kier alpha value is -2.10. The second-order valence-electron chi connectivity index (χ2n) is 4.72. The zero-order chi connectivity index (χ0) is 14.9. The van der Waals surface area contributed by atoms with Crippen LogP contribution in [0.15, 0.2) is 42.5 Å². The van der Waals surface area contributed by atoms with E-state index >= 15 is 0 Å². The van der Waals surface area contributed by atoms with Gasteiger partial charge in [0, 0.05) is 11.1 Å². The molecule has 0 bridgehead atoms. The van der Waals surface area contributed by atoms with Gasteiger partial charge in [0.1, 0.15) is 0 Å². The highest BCUT2D eigenvalue weighted by Crippen LogP contribution is 2.29. The van der Waals surface area contributed by atoms with E-state index < -0.39 is 11.7 Å². The first kappa shape index (κ1) is 14.3. The average Bonchev–Trinajstić information content (AvgIpc) is 2.37. The Balaban J connectivity index is 2.34. The van der Waals surface area contributed by atoms with Crippen LogP contribution >= 0.6 is 0 Å². The van der Waals surface area contributed by atoms with Gasteiger partial charge in [-0.25, -0.2) is 0 Å². The van der Waals surface area contributed by atoms with Gasteiger partial charge in [-0.15, -0.1) is 0 Å². The van der Waals surface area contributed by atoms with E-state index in [9.17, 15) is 18.0 Å². The van der Waals surface area contributed by atoms with Crippen molar-refractivity contribution in [3.05, 3.63) is 70.3 Å². The van der Waals surface area contributed by atoms with Gasteiger partial charge in [-0.05, 0) is 31.5 Å². The molecule has 0 spiro atoms. The van der Waals surface area contributed by atoms with Crippen LogP contribution in [0.5, 0.6) is 0 Å². The van der Waals surface area contributed by atoms with Crippen LogP contribution in [0, 0.1) is 13.8 Å². The molecule has 0 fully saturated rings. The number of hydrogen-bond donors (Lipinski definition) is 0. The molecular weight excluding hydrogens is 265 g/mol. The van der Waals surface area contributed by atoms with Crippen molar-refractivity contribution in [3.8, 4) is 0 Å². The van der Waals surface area contributed by atoms with E-state index in [1.54, 1.807) is 6.07 Å². The maximum Gasteiger partial charge on any atom is 0.416 e. The van der Waals surface area contributed by atoms with Gasteiger partial charge in [0.25, 0.3) is 0 Å². The molecule has 1 nitrogen and oxygen atoms in total. The average molecular weight is 278 g/mol. The van der Waals surface area contributed by atoms with Gasteiger partial charge in [-0.2, -0.15) is 13.2 Å². The number of halogens is 3. The fourth-order valence-electron chi connectivity index (χ4n) is 2.03. The molecule has 0 amide bonds. The van der Waals surface area contributed by atoms with Crippen LogP contribution in [0.3, 0.4) is 0 Å². The number of aryl methyl sites for hydroxylation is 2. The van der Waals surface area contributed by atoms with E-state index in [1.807, 2.05) is 26.0 Å². The van der Waals surface area contributed by atoms with Gasteiger partial charge in [0.15, 0.2) is 5.78 Å². The van der Waals surface area contributed by atoms with E-state index in [4.69, 9.17) is 0 Å². The topological polar surface area (TPSA) is 17.1 Å². The van der Waals surface area contributed by atoms with Gasteiger partial charge in [0.2, 0.25) is 0 Å². The van der Waals surface area contributed by atoms with Crippen LogP contribution in [0.2, 0.25) is 0 Å².